The Morgan fingerprint density at radius 3 is 2.70 bits per heavy atom. The lowest BCUT2D eigenvalue weighted by molar-refractivity contribution is -0.137. The summed E-state index contributed by atoms with van der Waals surface area (Å²) in [5.74, 6) is -0.0660. The normalized spacial score (nSPS) is 19.9. The molecule has 0 aliphatic carbocycles. The molecule has 0 radical (unpaired) electrons. The van der Waals surface area contributed by atoms with Crippen molar-refractivity contribution >= 4 is 11.8 Å². The zero-order valence-electron chi connectivity index (χ0n) is 13.1. The van der Waals surface area contributed by atoms with Gasteiger partial charge in [0.15, 0.2) is 0 Å². The van der Waals surface area contributed by atoms with E-state index in [-0.39, 0.29) is 24.4 Å². The van der Waals surface area contributed by atoms with Crippen LogP contribution in [0.25, 0.3) is 0 Å². The van der Waals surface area contributed by atoms with E-state index in [4.69, 9.17) is 0 Å². The van der Waals surface area contributed by atoms with Gasteiger partial charge < -0.3 is 15.5 Å². The molecule has 1 atom stereocenters. The van der Waals surface area contributed by atoms with Gasteiger partial charge >= 0.3 is 0 Å². The van der Waals surface area contributed by atoms with Crippen LogP contribution in [-0.2, 0) is 9.59 Å². The lowest BCUT2D eigenvalue weighted by atomic mass is 10.2. The average Bonchev–Trinajstić information content (AvgIpc) is 2.37. The molecular weight excluding hydrogens is 256 g/mol. The summed E-state index contributed by atoms with van der Waals surface area (Å²) in [5.41, 5.74) is 0. The van der Waals surface area contributed by atoms with Crippen LogP contribution >= 0.6 is 0 Å². The molecule has 1 rings (SSSR count). The molecule has 0 aromatic rings. The van der Waals surface area contributed by atoms with Crippen molar-refractivity contribution in [3.63, 3.8) is 0 Å². The van der Waals surface area contributed by atoms with E-state index in [0.717, 1.165) is 19.6 Å². The topological polar surface area (TPSA) is 64.7 Å². The zero-order valence-corrected chi connectivity index (χ0v) is 13.1. The fourth-order valence-electron chi connectivity index (χ4n) is 2.31. The lowest BCUT2D eigenvalue weighted by Gasteiger charge is -2.34. The number of likely N-dealkylation sites (N-methyl/N-ethyl adjacent to an activating group) is 1. The van der Waals surface area contributed by atoms with Crippen LogP contribution in [0.1, 0.15) is 27.7 Å². The van der Waals surface area contributed by atoms with Gasteiger partial charge in [-0.2, -0.15) is 0 Å². The molecule has 0 aromatic heterocycles. The van der Waals surface area contributed by atoms with Crippen LogP contribution in [0.15, 0.2) is 0 Å². The predicted octanol–water partition coefficient (Wildman–Crippen LogP) is -0.347. The molecule has 1 aliphatic heterocycles. The van der Waals surface area contributed by atoms with Gasteiger partial charge in [0.25, 0.3) is 0 Å². The summed E-state index contributed by atoms with van der Waals surface area (Å²) in [5, 5.41) is 6.12. The number of piperazine rings is 1. The highest BCUT2D eigenvalue weighted by atomic mass is 16.2. The van der Waals surface area contributed by atoms with Crippen molar-refractivity contribution in [2.75, 3.05) is 39.3 Å². The van der Waals surface area contributed by atoms with Crippen molar-refractivity contribution in [1.29, 1.82) is 0 Å². The highest BCUT2D eigenvalue weighted by Gasteiger charge is 2.23. The van der Waals surface area contributed by atoms with E-state index in [0.29, 0.717) is 19.1 Å². The van der Waals surface area contributed by atoms with Crippen molar-refractivity contribution in [2.45, 2.75) is 39.8 Å². The smallest absolute Gasteiger partial charge is 0.239 e. The highest BCUT2D eigenvalue weighted by molar-refractivity contribution is 5.85. The number of hydrogen-bond donors (Lipinski definition) is 2. The molecule has 0 bridgehead atoms. The number of rotatable bonds is 6. The molecule has 1 aliphatic rings. The molecule has 0 aromatic carbocycles. The van der Waals surface area contributed by atoms with Gasteiger partial charge in [0, 0.05) is 38.3 Å². The van der Waals surface area contributed by atoms with Crippen molar-refractivity contribution < 1.29 is 9.59 Å². The fourth-order valence-corrected chi connectivity index (χ4v) is 2.31. The van der Waals surface area contributed by atoms with Crippen molar-refractivity contribution in [2.24, 2.45) is 0 Å². The van der Waals surface area contributed by atoms with Gasteiger partial charge in [0.05, 0.1) is 13.1 Å². The van der Waals surface area contributed by atoms with E-state index >= 15 is 0 Å². The van der Waals surface area contributed by atoms with Crippen LogP contribution in [0.2, 0.25) is 0 Å². The SMILES string of the molecule is CCN(CC(=O)NC(C)C)C(=O)CN1CCNC[C@@H]1C. The zero-order chi connectivity index (χ0) is 15.1. The Morgan fingerprint density at radius 2 is 2.15 bits per heavy atom. The van der Waals surface area contributed by atoms with Crippen LogP contribution in [0.5, 0.6) is 0 Å². The number of carbonyl (C=O) groups is 2. The summed E-state index contributed by atoms with van der Waals surface area (Å²) in [7, 11) is 0. The van der Waals surface area contributed by atoms with E-state index in [9.17, 15) is 9.59 Å². The third-order valence-electron chi connectivity index (χ3n) is 3.50. The summed E-state index contributed by atoms with van der Waals surface area (Å²) >= 11 is 0. The van der Waals surface area contributed by atoms with Gasteiger partial charge in [-0.25, -0.2) is 0 Å². The van der Waals surface area contributed by atoms with Gasteiger partial charge in [0.1, 0.15) is 0 Å². The standard InChI is InChI=1S/C14H28N4O2/c1-5-17(9-13(19)16-11(2)3)14(20)10-18-7-6-15-8-12(18)4/h11-12,15H,5-10H2,1-4H3,(H,16,19)/t12-/m0/s1. The van der Waals surface area contributed by atoms with Crippen molar-refractivity contribution in [3.05, 3.63) is 0 Å². The first-order valence-corrected chi connectivity index (χ1v) is 7.46. The minimum atomic E-state index is -0.0939. The second kappa shape index (κ2) is 8.21. The highest BCUT2D eigenvalue weighted by Crippen LogP contribution is 2.03. The summed E-state index contributed by atoms with van der Waals surface area (Å²) in [6.45, 7) is 11.7. The Morgan fingerprint density at radius 1 is 1.45 bits per heavy atom. The molecule has 1 fully saturated rings. The third kappa shape index (κ3) is 5.46. The van der Waals surface area contributed by atoms with Gasteiger partial charge in [-0.1, -0.05) is 0 Å². The van der Waals surface area contributed by atoms with Crippen molar-refractivity contribution in [3.8, 4) is 0 Å². The lowest BCUT2D eigenvalue weighted by Crippen LogP contribution is -2.54. The molecule has 20 heavy (non-hydrogen) atoms. The summed E-state index contributed by atoms with van der Waals surface area (Å²) in [6.07, 6.45) is 0. The Labute approximate surface area is 121 Å². The molecule has 0 unspecified atom stereocenters. The maximum atomic E-state index is 12.3. The molecular formula is C14H28N4O2. The first kappa shape index (κ1) is 16.9. The number of nitrogens with zero attached hydrogens (tertiary/aromatic N) is 2. The molecule has 1 heterocycles. The Bertz CT molecular complexity index is 333. The minimum absolute atomic E-state index is 0.0279. The molecule has 0 spiro atoms. The number of carbonyl (C=O) groups excluding carboxylic acids is 2. The van der Waals surface area contributed by atoms with E-state index in [2.05, 4.69) is 22.5 Å². The summed E-state index contributed by atoms with van der Waals surface area (Å²) in [6, 6.07) is 0.459. The van der Waals surface area contributed by atoms with E-state index in [1.165, 1.54) is 0 Å². The van der Waals surface area contributed by atoms with Crippen molar-refractivity contribution in [1.82, 2.24) is 20.4 Å². The molecule has 116 valence electrons. The van der Waals surface area contributed by atoms with Gasteiger partial charge in [-0.3, -0.25) is 14.5 Å². The third-order valence-corrected chi connectivity index (χ3v) is 3.50. The maximum absolute atomic E-state index is 12.3. The van der Waals surface area contributed by atoms with Crippen LogP contribution in [-0.4, -0.2) is 73.0 Å². The predicted molar refractivity (Wildman–Crippen MR) is 79.4 cm³/mol. The van der Waals surface area contributed by atoms with Gasteiger partial charge in [-0.05, 0) is 27.7 Å². The Balaban J connectivity index is 2.47. The molecule has 0 saturated carbocycles. The fraction of sp³-hybridized carbons (Fsp3) is 0.857. The molecule has 6 heteroatoms. The average molecular weight is 284 g/mol. The van der Waals surface area contributed by atoms with Crippen LogP contribution in [0.3, 0.4) is 0 Å². The monoisotopic (exact) mass is 284 g/mol. The number of nitrogens with one attached hydrogen (secondary N) is 2. The van der Waals surface area contributed by atoms with Crippen LogP contribution < -0.4 is 10.6 Å². The van der Waals surface area contributed by atoms with Gasteiger partial charge in [0.2, 0.25) is 11.8 Å². The second-order valence-electron chi connectivity index (χ2n) is 5.65. The molecule has 2 N–H and O–H groups in total. The van der Waals surface area contributed by atoms with Crippen LogP contribution in [0, 0.1) is 0 Å². The molecule has 2 amide bonds. The summed E-state index contributed by atoms with van der Waals surface area (Å²) < 4.78 is 0. The van der Waals surface area contributed by atoms with Crippen LogP contribution in [0.4, 0.5) is 0 Å². The number of amides is 2. The first-order valence-electron chi connectivity index (χ1n) is 7.46. The molecule has 1 saturated heterocycles. The first-order chi connectivity index (χ1) is 9.43. The van der Waals surface area contributed by atoms with E-state index < -0.39 is 0 Å². The molecule has 6 nitrogen and oxygen atoms in total. The minimum Gasteiger partial charge on any atom is -0.352 e. The van der Waals surface area contributed by atoms with Gasteiger partial charge in [-0.15, -0.1) is 0 Å². The Hall–Kier alpha value is -1.14. The summed E-state index contributed by atoms with van der Waals surface area (Å²) in [4.78, 5) is 27.8. The van der Waals surface area contributed by atoms with E-state index in [1.54, 1.807) is 4.90 Å². The quantitative estimate of drug-likeness (QED) is 0.700. The number of hydrogen-bond acceptors (Lipinski definition) is 4. The maximum Gasteiger partial charge on any atom is 0.239 e. The van der Waals surface area contributed by atoms with E-state index in [1.807, 2.05) is 20.8 Å². The Kier molecular flexibility index (Phi) is 6.95. The largest absolute Gasteiger partial charge is 0.352 e. The second-order valence-corrected chi connectivity index (χ2v) is 5.65.